The van der Waals surface area contributed by atoms with Gasteiger partial charge in [-0.1, -0.05) is 78.9 Å². The maximum atomic E-state index is 13.8. The molecule has 5 aromatic carbocycles. The number of fused-ring (bicyclic) bond motifs is 6. The number of nitrogens with one attached hydrogen (secondary N) is 1. The van der Waals surface area contributed by atoms with Crippen LogP contribution in [0.15, 0.2) is 114 Å². The summed E-state index contributed by atoms with van der Waals surface area (Å²) in [6.45, 7) is 0.485. The second-order valence-corrected chi connectivity index (χ2v) is 12.8. The van der Waals surface area contributed by atoms with Crippen molar-refractivity contribution in [2.75, 3.05) is 16.2 Å². The maximum absolute atomic E-state index is 13.8. The molecule has 4 nitrogen and oxygen atoms in total. The Labute approximate surface area is 228 Å². The highest BCUT2D eigenvalue weighted by molar-refractivity contribution is 7.92. The average Bonchev–Trinajstić information content (AvgIpc) is 3.64. The highest BCUT2D eigenvalue weighted by Gasteiger charge is 2.40. The molecule has 192 valence electrons. The topological polar surface area (TPSA) is 49.4 Å². The van der Waals surface area contributed by atoms with E-state index in [1.807, 2.05) is 36.4 Å². The zero-order valence-electron chi connectivity index (χ0n) is 21.4. The summed E-state index contributed by atoms with van der Waals surface area (Å²) in [5, 5.41) is 8.92. The van der Waals surface area contributed by atoms with Crippen LogP contribution in [0.2, 0.25) is 0 Å². The smallest absolute Gasteiger partial charge is 0.264 e. The van der Waals surface area contributed by atoms with Crippen molar-refractivity contribution in [3.8, 4) is 0 Å². The van der Waals surface area contributed by atoms with Gasteiger partial charge in [0.05, 0.1) is 16.6 Å². The van der Waals surface area contributed by atoms with Gasteiger partial charge in [-0.2, -0.15) is 0 Å². The molecule has 3 unspecified atom stereocenters. The Bertz CT molecular complexity index is 1870. The number of nitrogens with zero attached hydrogens (tertiary/aromatic N) is 1. The molecule has 5 aromatic rings. The fraction of sp³-hybridized carbons (Fsp3) is 0.176. The summed E-state index contributed by atoms with van der Waals surface area (Å²) in [6, 6.07) is 33.2. The van der Waals surface area contributed by atoms with Crippen molar-refractivity contribution in [3.63, 3.8) is 0 Å². The van der Waals surface area contributed by atoms with E-state index >= 15 is 0 Å². The van der Waals surface area contributed by atoms with Crippen LogP contribution in [0.1, 0.15) is 35.1 Å². The predicted molar refractivity (Wildman–Crippen MR) is 159 cm³/mol. The molecule has 5 heteroatoms. The molecule has 0 saturated carbocycles. The normalized spacial score (nSPS) is 21.5. The van der Waals surface area contributed by atoms with Crippen LogP contribution in [0.3, 0.4) is 0 Å². The van der Waals surface area contributed by atoms with Crippen LogP contribution in [-0.4, -0.2) is 15.0 Å². The van der Waals surface area contributed by atoms with E-state index in [0.29, 0.717) is 17.4 Å². The summed E-state index contributed by atoms with van der Waals surface area (Å²) in [7, 11) is -3.66. The molecule has 0 bridgehead atoms. The number of para-hydroxylation sites is 1. The van der Waals surface area contributed by atoms with E-state index in [0.717, 1.165) is 35.3 Å². The first-order valence-corrected chi connectivity index (χ1v) is 15.1. The number of anilines is 2. The highest BCUT2D eigenvalue weighted by atomic mass is 32.2. The van der Waals surface area contributed by atoms with Crippen molar-refractivity contribution >= 4 is 42.9 Å². The Morgan fingerprint density at radius 2 is 1.51 bits per heavy atom. The summed E-state index contributed by atoms with van der Waals surface area (Å²) in [4.78, 5) is 0.368. The summed E-state index contributed by atoms with van der Waals surface area (Å²) >= 11 is 0. The lowest BCUT2D eigenvalue weighted by atomic mass is 9.75. The van der Waals surface area contributed by atoms with Gasteiger partial charge < -0.3 is 5.32 Å². The van der Waals surface area contributed by atoms with Crippen LogP contribution in [0.25, 0.3) is 21.5 Å². The third-order valence-electron chi connectivity index (χ3n) is 8.89. The van der Waals surface area contributed by atoms with Crippen LogP contribution >= 0.6 is 0 Å². The Morgan fingerprint density at radius 3 is 2.31 bits per heavy atom. The van der Waals surface area contributed by atoms with Crippen LogP contribution in [-0.2, 0) is 16.4 Å². The monoisotopic (exact) mass is 528 g/mol. The molecule has 0 aromatic heterocycles. The van der Waals surface area contributed by atoms with Crippen molar-refractivity contribution in [2.45, 2.75) is 29.7 Å². The molecule has 2 heterocycles. The van der Waals surface area contributed by atoms with E-state index in [1.165, 1.54) is 27.1 Å². The van der Waals surface area contributed by atoms with Crippen molar-refractivity contribution in [1.29, 1.82) is 0 Å². The van der Waals surface area contributed by atoms with E-state index in [2.05, 4.69) is 72.1 Å². The minimum Gasteiger partial charge on any atom is -0.378 e. The van der Waals surface area contributed by atoms with Gasteiger partial charge in [0, 0.05) is 18.2 Å². The van der Waals surface area contributed by atoms with Crippen LogP contribution in [0.5, 0.6) is 0 Å². The van der Waals surface area contributed by atoms with Crippen molar-refractivity contribution in [1.82, 2.24) is 0 Å². The van der Waals surface area contributed by atoms with Gasteiger partial charge in [0.1, 0.15) is 0 Å². The molecule has 2 aliphatic heterocycles. The lowest BCUT2D eigenvalue weighted by Crippen LogP contribution is -2.31. The zero-order chi connectivity index (χ0) is 26.1. The quantitative estimate of drug-likeness (QED) is 0.194. The molecular weight excluding hydrogens is 500 g/mol. The minimum absolute atomic E-state index is 0.112. The zero-order valence-corrected chi connectivity index (χ0v) is 22.2. The van der Waals surface area contributed by atoms with Crippen molar-refractivity contribution in [3.05, 3.63) is 126 Å². The first kappa shape index (κ1) is 22.9. The van der Waals surface area contributed by atoms with Crippen molar-refractivity contribution < 1.29 is 8.42 Å². The summed E-state index contributed by atoms with van der Waals surface area (Å²) in [5.41, 5.74) is 5.31. The van der Waals surface area contributed by atoms with Gasteiger partial charge in [-0.05, 0) is 87.3 Å². The Balaban J connectivity index is 1.25. The number of allylic oxidation sites excluding steroid dienone is 2. The van der Waals surface area contributed by atoms with Gasteiger partial charge in [0.25, 0.3) is 10.0 Å². The third-order valence-corrected chi connectivity index (χ3v) is 10.7. The molecule has 0 saturated heterocycles. The maximum Gasteiger partial charge on any atom is 0.264 e. The van der Waals surface area contributed by atoms with E-state index in [1.54, 1.807) is 10.4 Å². The van der Waals surface area contributed by atoms with E-state index in [-0.39, 0.29) is 12.0 Å². The molecule has 0 spiro atoms. The van der Waals surface area contributed by atoms with Gasteiger partial charge in [0.15, 0.2) is 0 Å². The minimum atomic E-state index is -3.66. The number of benzene rings is 5. The fourth-order valence-electron chi connectivity index (χ4n) is 7.09. The van der Waals surface area contributed by atoms with Gasteiger partial charge in [0.2, 0.25) is 0 Å². The van der Waals surface area contributed by atoms with E-state index in [9.17, 15) is 8.42 Å². The molecule has 3 atom stereocenters. The fourth-order valence-corrected chi connectivity index (χ4v) is 8.63. The molecule has 0 amide bonds. The molecule has 3 aliphatic rings. The van der Waals surface area contributed by atoms with Gasteiger partial charge >= 0.3 is 0 Å². The highest BCUT2D eigenvalue weighted by Crippen LogP contribution is 2.52. The Hall–Kier alpha value is -4.09. The molecule has 8 rings (SSSR count). The van der Waals surface area contributed by atoms with Gasteiger partial charge in [-0.25, -0.2) is 8.42 Å². The molecule has 1 N–H and O–H groups in total. The Morgan fingerprint density at radius 1 is 0.795 bits per heavy atom. The number of sulfonamides is 1. The average molecular weight is 529 g/mol. The standard InChI is InChI=1S/C34H28N2O2S/c37-39(38,36-19-18-22-8-3-6-15-32(22)36)25-16-17-31-30(21-25)28-13-7-14-29(28)34(35-31)33-26-11-4-1-9-23(26)20-24-10-2-5-12-27(24)33/h1-13,15-17,20-21,28-29,34-35H,14,18-19H2. The van der Waals surface area contributed by atoms with E-state index < -0.39 is 10.0 Å². The summed E-state index contributed by atoms with van der Waals surface area (Å²) in [5.74, 6) is 0.460. The Kier molecular flexibility index (Phi) is 4.95. The number of hydrogen-bond donors (Lipinski definition) is 1. The molecule has 0 fully saturated rings. The predicted octanol–water partition coefficient (Wildman–Crippen LogP) is 7.57. The lowest BCUT2D eigenvalue weighted by molar-refractivity contribution is 0.428. The molecular formula is C34H28N2O2S. The summed E-state index contributed by atoms with van der Waals surface area (Å²) in [6.07, 6.45) is 6.25. The third kappa shape index (κ3) is 3.39. The van der Waals surface area contributed by atoms with Gasteiger partial charge in [-0.3, -0.25) is 4.31 Å². The van der Waals surface area contributed by atoms with Crippen LogP contribution in [0.4, 0.5) is 11.4 Å². The van der Waals surface area contributed by atoms with Gasteiger partial charge in [-0.15, -0.1) is 0 Å². The molecule has 1 aliphatic carbocycles. The lowest BCUT2D eigenvalue weighted by Gasteiger charge is -2.39. The van der Waals surface area contributed by atoms with Crippen molar-refractivity contribution in [2.24, 2.45) is 5.92 Å². The second kappa shape index (κ2) is 8.45. The van der Waals surface area contributed by atoms with Crippen LogP contribution in [0, 0.1) is 5.92 Å². The first-order valence-electron chi connectivity index (χ1n) is 13.7. The largest absolute Gasteiger partial charge is 0.378 e. The number of hydrogen-bond acceptors (Lipinski definition) is 3. The van der Waals surface area contributed by atoms with Crippen LogP contribution < -0.4 is 9.62 Å². The molecule has 0 radical (unpaired) electrons. The molecule has 39 heavy (non-hydrogen) atoms. The summed E-state index contributed by atoms with van der Waals surface area (Å²) < 4.78 is 29.3. The first-order chi connectivity index (χ1) is 19.1. The second-order valence-electron chi connectivity index (χ2n) is 10.9. The van der Waals surface area contributed by atoms with E-state index in [4.69, 9.17) is 0 Å². The SMILES string of the molecule is O=S(=O)(c1ccc2c(c1)C1C=CCC1C(c1c3ccccc3cc3ccccc13)N2)N1CCc2ccccc21. The number of rotatable bonds is 3.